The quantitative estimate of drug-likeness (QED) is 0.333. The summed E-state index contributed by atoms with van der Waals surface area (Å²) < 4.78 is 15.4. The maximum absolute atomic E-state index is 11.9. The average molecular weight is 432 g/mol. The van der Waals surface area contributed by atoms with E-state index < -0.39 is 11.9 Å². The molecule has 0 fully saturated rings. The van der Waals surface area contributed by atoms with Crippen LogP contribution in [0, 0.1) is 0 Å². The van der Waals surface area contributed by atoms with E-state index in [1.807, 2.05) is 0 Å². The highest BCUT2D eigenvalue weighted by Gasteiger charge is 2.11. The molecular formula is C18H20BrClO5. The van der Waals surface area contributed by atoms with E-state index in [2.05, 4.69) is 15.9 Å². The van der Waals surface area contributed by atoms with Crippen molar-refractivity contribution in [1.82, 2.24) is 0 Å². The monoisotopic (exact) mass is 430 g/mol. The van der Waals surface area contributed by atoms with Gasteiger partial charge in [-0.25, -0.2) is 9.59 Å². The second-order valence-corrected chi connectivity index (χ2v) is 5.67. The lowest BCUT2D eigenvalue weighted by molar-refractivity contribution is -0.138. The first-order valence-electron chi connectivity index (χ1n) is 7.71. The van der Waals surface area contributed by atoms with Crippen molar-refractivity contribution in [3.63, 3.8) is 0 Å². The van der Waals surface area contributed by atoms with Gasteiger partial charge in [-0.1, -0.05) is 27.5 Å². The summed E-state index contributed by atoms with van der Waals surface area (Å²) in [7, 11) is 0. The fourth-order valence-corrected chi connectivity index (χ4v) is 2.37. The maximum Gasteiger partial charge on any atom is 0.334 e. The van der Waals surface area contributed by atoms with Crippen LogP contribution in [-0.2, 0) is 19.1 Å². The first-order valence-corrected chi connectivity index (χ1v) is 9.21. The molecule has 136 valence electrons. The first-order chi connectivity index (χ1) is 12.0. The molecule has 0 N–H and O–H groups in total. The van der Waals surface area contributed by atoms with Crippen LogP contribution in [-0.4, -0.2) is 37.1 Å². The van der Waals surface area contributed by atoms with E-state index in [4.69, 9.17) is 25.8 Å². The molecule has 0 bridgehead atoms. The molecule has 0 saturated carbocycles. The predicted octanol–water partition coefficient (Wildman–Crippen LogP) is 4.18. The van der Waals surface area contributed by atoms with E-state index in [0.29, 0.717) is 40.5 Å². The molecule has 0 aliphatic carbocycles. The smallest absolute Gasteiger partial charge is 0.334 e. The minimum atomic E-state index is -0.425. The fourth-order valence-electron chi connectivity index (χ4n) is 1.80. The van der Waals surface area contributed by atoms with Gasteiger partial charge in [0, 0.05) is 27.6 Å². The van der Waals surface area contributed by atoms with Gasteiger partial charge in [0.2, 0.25) is 0 Å². The summed E-state index contributed by atoms with van der Waals surface area (Å²) in [6.07, 6.45) is 4.51. The lowest BCUT2D eigenvalue weighted by Gasteiger charge is -2.10. The number of carbonyl (C=O) groups excluding carboxylic acids is 2. The zero-order valence-electron chi connectivity index (χ0n) is 14.1. The number of carbonyl (C=O) groups is 2. The van der Waals surface area contributed by atoms with Crippen LogP contribution < -0.4 is 4.74 Å². The van der Waals surface area contributed by atoms with E-state index in [9.17, 15) is 9.59 Å². The Morgan fingerprint density at radius 2 is 1.92 bits per heavy atom. The van der Waals surface area contributed by atoms with E-state index in [1.165, 1.54) is 6.08 Å². The van der Waals surface area contributed by atoms with Gasteiger partial charge >= 0.3 is 11.9 Å². The van der Waals surface area contributed by atoms with Gasteiger partial charge in [0.15, 0.2) is 0 Å². The van der Waals surface area contributed by atoms with Gasteiger partial charge in [-0.2, -0.15) is 0 Å². The summed E-state index contributed by atoms with van der Waals surface area (Å²) in [5.74, 6) is -0.306. The molecule has 0 heterocycles. The van der Waals surface area contributed by atoms with E-state index in [-0.39, 0.29) is 6.61 Å². The zero-order valence-corrected chi connectivity index (χ0v) is 16.4. The average Bonchev–Trinajstić information content (AvgIpc) is 2.58. The largest absolute Gasteiger partial charge is 0.489 e. The molecular weight excluding hydrogens is 412 g/mol. The molecule has 1 aromatic carbocycles. The zero-order chi connectivity index (χ0) is 18.7. The Bertz CT molecular complexity index is 655. The van der Waals surface area contributed by atoms with Crippen LogP contribution in [0.25, 0.3) is 6.08 Å². The SMILES string of the molecule is CCOC(=O)/C=C/COc1ccc(Cl)cc1/C=C(\CBr)C(=O)OCC. The Labute approximate surface area is 160 Å². The number of halogens is 2. The predicted molar refractivity (Wildman–Crippen MR) is 101 cm³/mol. The normalized spacial score (nSPS) is 11.4. The van der Waals surface area contributed by atoms with E-state index in [0.717, 1.165) is 0 Å². The van der Waals surface area contributed by atoms with Crippen LogP contribution >= 0.6 is 27.5 Å². The summed E-state index contributed by atoms with van der Waals surface area (Å²) in [5.41, 5.74) is 1.08. The number of rotatable bonds is 9. The second-order valence-electron chi connectivity index (χ2n) is 4.67. The van der Waals surface area contributed by atoms with Crippen LogP contribution in [0.2, 0.25) is 5.02 Å². The third-order valence-electron chi connectivity index (χ3n) is 2.86. The third kappa shape index (κ3) is 7.75. The Hall–Kier alpha value is -1.79. The Balaban J connectivity index is 2.91. The number of hydrogen-bond acceptors (Lipinski definition) is 5. The van der Waals surface area contributed by atoms with Crippen molar-refractivity contribution in [2.24, 2.45) is 0 Å². The summed E-state index contributed by atoms with van der Waals surface area (Å²) in [4.78, 5) is 23.2. The Morgan fingerprint density at radius 1 is 1.20 bits per heavy atom. The van der Waals surface area contributed by atoms with Gasteiger partial charge in [-0.3, -0.25) is 0 Å². The minimum Gasteiger partial charge on any atom is -0.489 e. The van der Waals surface area contributed by atoms with Crippen LogP contribution in [0.15, 0.2) is 35.9 Å². The Kier molecular flexibility index (Phi) is 9.96. The lowest BCUT2D eigenvalue weighted by atomic mass is 10.1. The maximum atomic E-state index is 11.9. The van der Waals surface area contributed by atoms with Crippen molar-refractivity contribution in [3.8, 4) is 5.75 Å². The van der Waals surface area contributed by atoms with E-state index >= 15 is 0 Å². The number of esters is 2. The summed E-state index contributed by atoms with van der Waals surface area (Å²) >= 11 is 9.31. The van der Waals surface area contributed by atoms with Crippen LogP contribution in [0.1, 0.15) is 19.4 Å². The fraction of sp³-hybridized carbons (Fsp3) is 0.333. The van der Waals surface area contributed by atoms with Crippen LogP contribution in [0.5, 0.6) is 5.75 Å². The van der Waals surface area contributed by atoms with Gasteiger partial charge in [0.25, 0.3) is 0 Å². The highest BCUT2D eigenvalue weighted by Crippen LogP contribution is 2.26. The first kappa shape index (κ1) is 21.3. The molecule has 5 nitrogen and oxygen atoms in total. The van der Waals surface area contributed by atoms with Crippen molar-refractivity contribution in [2.45, 2.75) is 13.8 Å². The Morgan fingerprint density at radius 3 is 2.56 bits per heavy atom. The van der Waals surface area contributed by atoms with Crippen molar-refractivity contribution in [1.29, 1.82) is 0 Å². The minimum absolute atomic E-state index is 0.171. The van der Waals surface area contributed by atoms with Crippen LogP contribution in [0.4, 0.5) is 0 Å². The number of ether oxygens (including phenoxy) is 3. The van der Waals surface area contributed by atoms with Gasteiger partial charge in [-0.05, 0) is 44.2 Å². The number of hydrogen-bond donors (Lipinski definition) is 0. The van der Waals surface area contributed by atoms with Crippen LogP contribution in [0.3, 0.4) is 0 Å². The molecule has 25 heavy (non-hydrogen) atoms. The van der Waals surface area contributed by atoms with Gasteiger partial charge in [-0.15, -0.1) is 0 Å². The molecule has 0 saturated heterocycles. The molecule has 0 spiro atoms. The number of benzene rings is 1. The summed E-state index contributed by atoms with van der Waals surface area (Å²) in [5, 5.41) is 0.846. The van der Waals surface area contributed by atoms with Gasteiger partial charge < -0.3 is 14.2 Å². The topological polar surface area (TPSA) is 61.8 Å². The molecule has 7 heteroatoms. The summed E-state index contributed by atoms with van der Waals surface area (Å²) in [6, 6.07) is 5.07. The van der Waals surface area contributed by atoms with Gasteiger partial charge in [0.1, 0.15) is 12.4 Å². The summed E-state index contributed by atoms with van der Waals surface area (Å²) in [6.45, 7) is 4.26. The highest BCUT2D eigenvalue weighted by molar-refractivity contribution is 9.09. The number of alkyl halides is 1. The molecule has 1 rings (SSSR count). The second kappa shape index (κ2) is 11.7. The molecule has 0 aromatic heterocycles. The van der Waals surface area contributed by atoms with Crippen molar-refractivity contribution in [3.05, 3.63) is 46.5 Å². The van der Waals surface area contributed by atoms with Gasteiger partial charge in [0.05, 0.1) is 13.2 Å². The molecule has 0 amide bonds. The van der Waals surface area contributed by atoms with Crippen molar-refractivity contribution >= 4 is 45.5 Å². The van der Waals surface area contributed by atoms with Crippen molar-refractivity contribution < 1.29 is 23.8 Å². The molecule has 0 aliphatic rings. The van der Waals surface area contributed by atoms with Crippen molar-refractivity contribution in [2.75, 3.05) is 25.2 Å². The lowest BCUT2D eigenvalue weighted by Crippen LogP contribution is -2.08. The highest BCUT2D eigenvalue weighted by atomic mass is 79.9. The molecule has 0 unspecified atom stereocenters. The molecule has 0 radical (unpaired) electrons. The molecule has 0 aliphatic heterocycles. The molecule has 0 atom stereocenters. The standard InChI is InChI=1S/C18H20BrClO5/c1-3-23-17(21)6-5-9-25-16-8-7-15(20)11-13(16)10-14(12-19)18(22)24-4-2/h5-8,10-11H,3-4,9,12H2,1-2H3/b6-5+,14-10+. The third-order valence-corrected chi connectivity index (χ3v) is 3.70. The molecule has 1 aromatic rings. The van der Waals surface area contributed by atoms with E-state index in [1.54, 1.807) is 44.2 Å².